The first-order valence-corrected chi connectivity index (χ1v) is 5.53. The molecule has 5 heteroatoms. The molecule has 2 N–H and O–H groups in total. The average molecular weight is 215 g/mol. The van der Waals surface area contributed by atoms with E-state index in [0.29, 0.717) is 13.2 Å². The molecule has 2 amide bonds. The zero-order valence-electron chi connectivity index (χ0n) is 9.58. The summed E-state index contributed by atoms with van der Waals surface area (Å²) in [6, 6.07) is 0.101. The van der Waals surface area contributed by atoms with Crippen LogP contribution in [0.15, 0.2) is 0 Å². The predicted octanol–water partition coefficient (Wildman–Crippen LogP) is 0.0262. The maximum atomic E-state index is 11.4. The Hall–Kier alpha value is -0.810. The minimum atomic E-state index is -0.0880. The molecule has 15 heavy (non-hydrogen) atoms. The van der Waals surface area contributed by atoms with E-state index in [2.05, 4.69) is 22.5 Å². The van der Waals surface area contributed by atoms with Crippen LogP contribution in [0.5, 0.6) is 0 Å². The van der Waals surface area contributed by atoms with Gasteiger partial charge in [0.15, 0.2) is 0 Å². The summed E-state index contributed by atoms with van der Waals surface area (Å²) in [7, 11) is 2.03. The van der Waals surface area contributed by atoms with Crippen molar-refractivity contribution in [2.24, 2.45) is 0 Å². The molecule has 1 rings (SSSR count). The van der Waals surface area contributed by atoms with Gasteiger partial charge >= 0.3 is 6.03 Å². The molecular formula is C10H21N3O2. The maximum absolute atomic E-state index is 11.4. The molecule has 1 fully saturated rings. The van der Waals surface area contributed by atoms with E-state index in [4.69, 9.17) is 4.74 Å². The second kappa shape index (κ2) is 6.63. The summed E-state index contributed by atoms with van der Waals surface area (Å²) >= 11 is 0. The van der Waals surface area contributed by atoms with Crippen molar-refractivity contribution in [1.82, 2.24) is 15.5 Å². The molecule has 0 aromatic rings. The highest BCUT2D eigenvalue weighted by Crippen LogP contribution is 2.02. The van der Waals surface area contributed by atoms with E-state index in [1.54, 1.807) is 0 Å². The quantitative estimate of drug-likeness (QED) is 0.680. The largest absolute Gasteiger partial charge is 0.379 e. The van der Waals surface area contributed by atoms with Crippen molar-refractivity contribution in [2.45, 2.75) is 19.4 Å². The van der Waals surface area contributed by atoms with Crippen LogP contribution in [0.25, 0.3) is 0 Å². The lowest BCUT2D eigenvalue weighted by atomic mass is 10.3. The summed E-state index contributed by atoms with van der Waals surface area (Å²) in [4.78, 5) is 13.5. The van der Waals surface area contributed by atoms with Crippen LogP contribution in [0.4, 0.5) is 4.79 Å². The lowest BCUT2D eigenvalue weighted by molar-refractivity contribution is 0.188. The fourth-order valence-electron chi connectivity index (χ4n) is 1.40. The third kappa shape index (κ3) is 4.99. The molecule has 1 heterocycles. The van der Waals surface area contributed by atoms with E-state index in [1.165, 1.54) is 0 Å². The van der Waals surface area contributed by atoms with E-state index < -0.39 is 0 Å². The molecule has 0 aromatic heterocycles. The fourth-order valence-corrected chi connectivity index (χ4v) is 1.40. The van der Waals surface area contributed by atoms with E-state index in [9.17, 15) is 4.79 Å². The van der Waals surface area contributed by atoms with Crippen LogP contribution in [-0.4, -0.2) is 56.9 Å². The normalized spacial score (nSPS) is 20.6. The topological polar surface area (TPSA) is 53.6 Å². The van der Waals surface area contributed by atoms with Crippen molar-refractivity contribution < 1.29 is 9.53 Å². The maximum Gasteiger partial charge on any atom is 0.315 e. The minimum absolute atomic E-state index is 0.0880. The van der Waals surface area contributed by atoms with Gasteiger partial charge in [0, 0.05) is 19.7 Å². The summed E-state index contributed by atoms with van der Waals surface area (Å²) in [5.41, 5.74) is 0. The van der Waals surface area contributed by atoms with Gasteiger partial charge in [0.1, 0.15) is 0 Å². The molecule has 0 bridgehead atoms. The minimum Gasteiger partial charge on any atom is -0.379 e. The molecule has 0 spiro atoms. The van der Waals surface area contributed by atoms with Crippen molar-refractivity contribution in [1.29, 1.82) is 0 Å². The monoisotopic (exact) mass is 215 g/mol. The molecule has 0 radical (unpaired) electrons. The first kappa shape index (κ1) is 12.3. The highest BCUT2D eigenvalue weighted by Gasteiger charge is 2.17. The molecule has 1 unspecified atom stereocenters. The van der Waals surface area contributed by atoms with Crippen LogP contribution in [0.2, 0.25) is 0 Å². The number of hydrogen-bond donors (Lipinski definition) is 2. The fraction of sp³-hybridized carbons (Fsp3) is 0.900. The molecule has 0 aromatic carbocycles. The second-order valence-electron chi connectivity index (χ2n) is 3.86. The van der Waals surface area contributed by atoms with Gasteiger partial charge in [0.25, 0.3) is 0 Å². The summed E-state index contributed by atoms with van der Waals surface area (Å²) in [6.45, 7) is 6.05. The average Bonchev–Trinajstić information content (AvgIpc) is 2.70. The molecule has 88 valence electrons. The number of likely N-dealkylation sites (N-methyl/N-ethyl adjacent to an activating group) is 1. The van der Waals surface area contributed by atoms with Gasteiger partial charge in [0.05, 0.1) is 12.6 Å². The van der Waals surface area contributed by atoms with Crippen molar-refractivity contribution in [2.75, 3.05) is 39.9 Å². The third-order valence-corrected chi connectivity index (χ3v) is 2.58. The van der Waals surface area contributed by atoms with E-state index in [0.717, 1.165) is 26.1 Å². The van der Waals surface area contributed by atoms with E-state index >= 15 is 0 Å². The first-order valence-electron chi connectivity index (χ1n) is 5.53. The summed E-state index contributed by atoms with van der Waals surface area (Å²) in [5, 5.41) is 5.70. The SMILES string of the molecule is CCN(C)CCNC(=O)NC1CCOC1. The van der Waals surface area contributed by atoms with Crippen LogP contribution >= 0.6 is 0 Å². The zero-order chi connectivity index (χ0) is 11.1. The molecule has 5 nitrogen and oxygen atoms in total. The van der Waals surface area contributed by atoms with Gasteiger partial charge in [-0.1, -0.05) is 6.92 Å². The number of hydrogen-bond acceptors (Lipinski definition) is 3. The Kier molecular flexibility index (Phi) is 5.42. The van der Waals surface area contributed by atoms with Crippen molar-refractivity contribution in [3.05, 3.63) is 0 Å². The summed E-state index contributed by atoms with van der Waals surface area (Å²) < 4.78 is 5.17. The van der Waals surface area contributed by atoms with Crippen LogP contribution < -0.4 is 10.6 Å². The summed E-state index contributed by atoms with van der Waals surface area (Å²) in [5.74, 6) is 0. The van der Waals surface area contributed by atoms with Crippen molar-refractivity contribution in [3.63, 3.8) is 0 Å². The summed E-state index contributed by atoms with van der Waals surface area (Å²) in [6.07, 6.45) is 0.919. The van der Waals surface area contributed by atoms with Gasteiger partial charge in [-0.25, -0.2) is 4.79 Å². The molecule has 1 aliphatic rings. The van der Waals surface area contributed by atoms with Gasteiger partial charge in [-0.2, -0.15) is 0 Å². The van der Waals surface area contributed by atoms with E-state index in [-0.39, 0.29) is 12.1 Å². The number of nitrogens with zero attached hydrogens (tertiary/aromatic N) is 1. The number of carbonyl (C=O) groups excluding carboxylic acids is 1. The number of ether oxygens (including phenoxy) is 1. The molecule has 1 saturated heterocycles. The number of carbonyl (C=O) groups is 1. The Labute approximate surface area is 91.2 Å². The van der Waals surface area contributed by atoms with Crippen LogP contribution in [0, 0.1) is 0 Å². The van der Waals surface area contributed by atoms with Crippen molar-refractivity contribution >= 4 is 6.03 Å². The van der Waals surface area contributed by atoms with Gasteiger partial charge in [-0.3, -0.25) is 0 Å². The Bertz CT molecular complexity index is 193. The standard InChI is InChI=1S/C10H21N3O2/c1-3-13(2)6-5-11-10(14)12-9-4-7-15-8-9/h9H,3-8H2,1-2H3,(H2,11,12,14). The lowest BCUT2D eigenvalue weighted by Crippen LogP contribution is -2.44. The van der Waals surface area contributed by atoms with Crippen LogP contribution in [-0.2, 0) is 4.74 Å². The van der Waals surface area contributed by atoms with Gasteiger partial charge in [-0.05, 0) is 20.0 Å². The van der Waals surface area contributed by atoms with Gasteiger partial charge < -0.3 is 20.3 Å². The Morgan fingerprint density at radius 3 is 3.00 bits per heavy atom. The molecular weight excluding hydrogens is 194 g/mol. The zero-order valence-corrected chi connectivity index (χ0v) is 9.58. The van der Waals surface area contributed by atoms with Crippen molar-refractivity contribution in [3.8, 4) is 0 Å². The Balaban J connectivity index is 2.02. The molecule has 0 aliphatic carbocycles. The highest BCUT2D eigenvalue weighted by atomic mass is 16.5. The Morgan fingerprint density at radius 2 is 2.40 bits per heavy atom. The lowest BCUT2D eigenvalue weighted by Gasteiger charge is -2.15. The first-order chi connectivity index (χ1) is 7.22. The molecule has 0 saturated carbocycles. The number of rotatable bonds is 5. The van der Waals surface area contributed by atoms with Gasteiger partial charge in [0.2, 0.25) is 0 Å². The van der Waals surface area contributed by atoms with E-state index in [1.807, 2.05) is 7.05 Å². The Morgan fingerprint density at radius 1 is 1.60 bits per heavy atom. The predicted molar refractivity (Wildman–Crippen MR) is 58.9 cm³/mol. The van der Waals surface area contributed by atoms with Crippen LogP contribution in [0.3, 0.4) is 0 Å². The number of urea groups is 1. The van der Waals surface area contributed by atoms with Crippen LogP contribution in [0.1, 0.15) is 13.3 Å². The van der Waals surface area contributed by atoms with Gasteiger partial charge in [-0.15, -0.1) is 0 Å². The smallest absolute Gasteiger partial charge is 0.315 e. The highest BCUT2D eigenvalue weighted by molar-refractivity contribution is 5.74. The number of amides is 2. The molecule has 1 aliphatic heterocycles. The molecule has 1 atom stereocenters. The number of nitrogens with one attached hydrogen (secondary N) is 2. The third-order valence-electron chi connectivity index (χ3n) is 2.58. The second-order valence-corrected chi connectivity index (χ2v) is 3.86.